The molecule has 0 aliphatic carbocycles. The SMILES string of the molecule is Cc1cc(C)n(Cc2cccc(/C(N)=N/OCCCOc3ccc(F)cc3)c2)n1. The minimum Gasteiger partial charge on any atom is -0.493 e. The second-order valence-corrected chi connectivity index (χ2v) is 6.75. The van der Waals surface area contributed by atoms with Crippen molar-refractivity contribution >= 4 is 5.84 Å². The van der Waals surface area contributed by atoms with Gasteiger partial charge in [-0.1, -0.05) is 23.4 Å². The maximum absolute atomic E-state index is 12.8. The zero-order chi connectivity index (χ0) is 20.6. The first-order valence-electron chi connectivity index (χ1n) is 9.45. The Hall–Kier alpha value is -3.35. The maximum Gasteiger partial charge on any atom is 0.170 e. The first-order valence-corrected chi connectivity index (χ1v) is 9.45. The van der Waals surface area contributed by atoms with Gasteiger partial charge in [0.25, 0.3) is 0 Å². The molecule has 0 aliphatic heterocycles. The number of benzene rings is 2. The van der Waals surface area contributed by atoms with Crippen LogP contribution in [0, 0.1) is 19.7 Å². The lowest BCUT2D eigenvalue weighted by atomic mass is 10.1. The average Bonchev–Trinajstić information content (AvgIpc) is 3.02. The van der Waals surface area contributed by atoms with E-state index in [1.54, 1.807) is 12.1 Å². The topological polar surface area (TPSA) is 74.7 Å². The Balaban J connectivity index is 1.46. The van der Waals surface area contributed by atoms with Gasteiger partial charge in [0, 0.05) is 17.7 Å². The van der Waals surface area contributed by atoms with E-state index in [4.69, 9.17) is 15.3 Å². The van der Waals surface area contributed by atoms with Crippen molar-refractivity contribution in [1.82, 2.24) is 9.78 Å². The molecule has 7 heteroatoms. The molecule has 29 heavy (non-hydrogen) atoms. The summed E-state index contributed by atoms with van der Waals surface area (Å²) >= 11 is 0. The highest BCUT2D eigenvalue weighted by Crippen LogP contribution is 2.12. The van der Waals surface area contributed by atoms with E-state index >= 15 is 0 Å². The zero-order valence-corrected chi connectivity index (χ0v) is 16.6. The van der Waals surface area contributed by atoms with E-state index in [9.17, 15) is 4.39 Å². The monoisotopic (exact) mass is 396 g/mol. The largest absolute Gasteiger partial charge is 0.493 e. The predicted molar refractivity (Wildman–Crippen MR) is 110 cm³/mol. The van der Waals surface area contributed by atoms with E-state index in [2.05, 4.69) is 10.3 Å². The summed E-state index contributed by atoms with van der Waals surface area (Å²) < 4.78 is 20.3. The van der Waals surface area contributed by atoms with Crippen LogP contribution in [0.4, 0.5) is 4.39 Å². The molecule has 0 saturated carbocycles. The third-order valence-corrected chi connectivity index (χ3v) is 4.28. The molecule has 1 heterocycles. The molecule has 0 atom stereocenters. The van der Waals surface area contributed by atoms with Crippen LogP contribution in [-0.2, 0) is 11.4 Å². The second-order valence-electron chi connectivity index (χ2n) is 6.75. The molecule has 0 radical (unpaired) electrons. The molecular weight excluding hydrogens is 371 g/mol. The summed E-state index contributed by atoms with van der Waals surface area (Å²) in [6.45, 7) is 5.49. The Bertz CT molecular complexity index is 967. The Kier molecular flexibility index (Phi) is 6.84. The van der Waals surface area contributed by atoms with Crippen LogP contribution in [0.1, 0.15) is 28.9 Å². The van der Waals surface area contributed by atoms with Crippen molar-refractivity contribution in [2.75, 3.05) is 13.2 Å². The normalized spacial score (nSPS) is 11.5. The van der Waals surface area contributed by atoms with Crippen molar-refractivity contribution < 1.29 is 14.0 Å². The first-order chi connectivity index (χ1) is 14.0. The molecule has 152 valence electrons. The zero-order valence-electron chi connectivity index (χ0n) is 16.6. The Morgan fingerprint density at radius 2 is 1.90 bits per heavy atom. The Morgan fingerprint density at radius 1 is 1.10 bits per heavy atom. The molecule has 2 N–H and O–H groups in total. The van der Waals surface area contributed by atoms with Crippen molar-refractivity contribution in [1.29, 1.82) is 0 Å². The second kappa shape index (κ2) is 9.73. The summed E-state index contributed by atoms with van der Waals surface area (Å²) in [7, 11) is 0. The fourth-order valence-electron chi connectivity index (χ4n) is 2.85. The van der Waals surface area contributed by atoms with E-state index in [1.165, 1.54) is 12.1 Å². The third kappa shape index (κ3) is 6.07. The molecule has 0 fully saturated rings. The Morgan fingerprint density at radius 3 is 2.62 bits per heavy atom. The summed E-state index contributed by atoms with van der Waals surface area (Å²) in [6, 6.07) is 15.8. The molecule has 1 aromatic heterocycles. The first kappa shape index (κ1) is 20.4. The number of ether oxygens (including phenoxy) is 1. The molecule has 0 bridgehead atoms. The van der Waals surface area contributed by atoms with Crippen molar-refractivity contribution in [2.24, 2.45) is 10.9 Å². The number of hydrogen-bond donors (Lipinski definition) is 1. The van der Waals surface area contributed by atoms with Crippen LogP contribution >= 0.6 is 0 Å². The van der Waals surface area contributed by atoms with E-state index in [0.717, 1.165) is 22.5 Å². The van der Waals surface area contributed by atoms with E-state index < -0.39 is 0 Å². The Labute approximate surface area is 169 Å². The highest BCUT2D eigenvalue weighted by atomic mass is 19.1. The van der Waals surface area contributed by atoms with Crippen molar-refractivity contribution in [3.8, 4) is 5.75 Å². The van der Waals surface area contributed by atoms with Gasteiger partial charge in [-0.05, 0) is 55.8 Å². The molecule has 3 rings (SSSR count). The van der Waals surface area contributed by atoms with Gasteiger partial charge in [0.2, 0.25) is 0 Å². The lowest BCUT2D eigenvalue weighted by molar-refractivity contribution is 0.127. The number of aryl methyl sites for hydroxylation is 2. The number of halogens is 1. The minimum absolute atomic E-state index is 0.288. The van der Waals surface area contributed by atoms with Gasteiger partial charge in [0.15, 0.2) is 5.84 Å². The molecular formula is C22H25FN4O2. The van der Waals surface area contributed by atoms with Gasteiger partial charge in [-0.15, -0.1) is 0 Å². The molecule has 3 aromatic rings. The van der Waals surface area contributed by atoms with Crippen LogP contribution in [0.25, 0.3) is 0 Å². The van der Waals surface area contributed by atoms with E-state index in [-0.39, 0.29) is 5.82 Å². The van der Waals surface area contributed by atoms with Crippen LogP contribution in [0.15, 0.2) is 59.8 Å². The van der Waals surface area contributed by atoms with Crippen molar-refractivity contribution in [3.63, 3.8) is 0 Å². The van der Waals surface area contributed by atoms with Crippen LogP contribution in [-0.4, -0.2) is 28.8 Å². The number of hydrogen-bond acceptors (Lipinski definition) is 4. The lowest BCUT2D eigenvalue weighted by Gasteiger charge is -2.08. The van der Waals surface area contributed by atoms with Crippen molar-refractivity contribution in [3.05, 3.63) is 82.9 Å². The van der Waals surface area contributed by atoms with Crippen molar-refractivity contribution in [2.45, 2.75) is 26.8 Å². The number of aromatic nitrogens is 2. The summed E-state index contributed by atoms with van der Waals surface area (Å²) in [5.41, 5.74) is 10.0. The van der Waals surface area contributed by atoms with Gasteiger partial charge in [-0.2, -0.15) is 5.10 Å². The standard InChI is InChI=1S/C22H25FN4O2/c1-16-13-17(2)27(25-16)15-18-5-3-6-19(14-18)22(24)26-29-12-4-11-28-21-9-7-20(23)8-10-21/h3,5-10,13-14H,4,11-12,15H2,1-2H3,(H2,24,26). The fraction of sp³-hybridized carbons (Fsp3) is 0.273. The molecule has 2 aromatic carbocycles. The molecule has 0 spiro atoms. The van der Waals surface area contributed by atoms with Gasteiger partial charge in [0.05, 0.1) is 18.8 Å². The van der Waals surface area contributed by atoms with E-state index in [1.807, 2.05) is 48.9 Å². The number of rotatable bonds is 9. The molecule has 0 saturated heterocycles. The fourth-order valence-corrected chi connectivity index (χ4v) is 2.85. The van der Waals surface area contributed by atoms with E-state index in [0.29, 0.717) is 37.8 Å². The highest BCUT2D eigenvalue weighted by molar-refractivity contribution is 5.97. The quantitative estimate of drug-likeness (QED) is 0.258. The minimum atomic E-state index is -0.288. The summed E-state index contributed by atoms with van der Waals surface area (Å²) in [5.74, 6) is 0.651. The van der Waals surface area contributed by atoms with Gasteiger partial charge >= 0.3 is 0 Å². The van der Waals surface area contributed by atoms with Gasteiger partial charge in [-0.3, -0.25) is 4.68 Å². The van der Waals surface area contributed by atoms with Gasteiger partial charge < -0.3 is 15.3 Å². The van der Waals surface area contributed by atoms with Gasteiger partial charge in [0.1, 0.15) is 18.2 Å². The molecule has 6 nitrogen and oxygen atoms in total. The molecule has 0 unspecified atom stereocenters. The summed E-state index contributed by atoms with van der Waals surface area (Å²) in [5, 5.41) is 8.47. The number of amidine groups is 1. The molecule has 0 amide bonds. The van der Waals surface area contributed by atoms with Crippen LogP contribution in [0.2, 0.25) is 0 Å². The number of oxime groups is 1. The number of nitrogens with zero attached hydrogens (tertiary/aromatic N) is 3. The maximum atomic E-state index is 12.8. The summed E-state index contributed by atoms with van der Waals surface area (Å²) in [4.78, 5) is 5.29. The average molecular weight is 396 g/mol. The summed E-state index contributed by atoms with van der Waals surface area (Å²) in [6.07, 6.45) is 0.631. The smallest absolute Gasteiger partial charge is 0.170 e. The molecule has 0 aliphatic rings. The highest BCUT2D eigenvalue weighted by Gasteiger charge is 2.05. The van der Waals surface area contributed by atoms with Gasteiger partial charge in [-0.25, -0.2) is 4.39 Å². The van der Waals surface area contributed by atoms with Crippen LogP contribution in [0.5, 0.6) is 5.75 Å². The predicted octanol–water partition coefficient (Wildman–Crippen LogP) is 3.79. The number of nitrogens with two attached hydrogens (primary N) is 1. The van der Waals surface area contributed by atoms with Crippen LogP contribution < -0.4 is 10.5 Å². The van der Waals surface area contributed by atoms with Crippen LogP contribution in [0.3, 0.4) is 0 Å². The third-order valence-electron chi connectivity index (χ3n) is 4.28. The lowest BCUT2D eigenvalue weighted by Crippen LogP contribution is -2.15.